The molecule has 3 rings (SSSR count). The first kappa shape index (κ1) is 13.4. The van der Waals surface area contributed by atoms with Gasteiger partial charge < -0.3 is 0 Å². The van der Waals surface area contributed by atoms with Crippen LogP contribution in [0.25, 0.3) is 22.3 Å². The summed E-state index contributed by atoms with van der Waals surface area (Å²) in [6.07, 6.45) is 0. The number of hydrogen-bond acceptors (Lipinski definition) is 0. The lowest BCUT2D eigenvalue weighted by molar-refractivity contribution is 1.57. The van der Waals surface area contributed by atoms with Crippen LogP contribution < -0.4 is 0 Å². The second kappa shape index (κ2) is 5.82. The number of rotatable bonds is 2. The molecule has 0 spiro atoms. The fraction of sp³-hybridized carbons (Fsp3) is 0. The summed E-state index contributed by atoms with van der Waals surface area (Å²) in [6.45, 7) is 0. The number of hydrogen-bond donors (Lipinski definition) is 0. The Labute approximate surface area is 132 Å². The lowest BCUT2D eigenvalue weighted by Gasteiger charge is -2.12. The van der Waals surface area contributed by atoms with Gasteiger partial charge in [0.25, 0.3) is 0 Å². The molecule has 0 fully saturated rings. The van der Waals surface area contributed by atoms with E-state index in [2.05, 4.69) is 46.3 Å². The van der Waals surface area contributed by atoms with Crippen molar-refractivity contribution in [2.45, 2.75) is 0 Å². The topological polar surface area (TPSA) is 0 Å². The van der Waals surface area contributed by atoms with Crippen LogP contribution in [0.1, 0.15) is 0 Å². The molecule has 0 N–H and O–H groups in total. The standard InChI is InChI=1S/C18H12BrCl/c19-15-11-9-14(10-12-15)18-16(7-4-8-17(18)20)13-5-2-1-3-6-13/h1-12H. The molecule has 0 aliphatic rings. The molecule has 0 heterocycles. The Morgan fingerprint density at radius 2 is 1.35 bits per heavy atom. The maximum absolute atomic E-state index is 6.44. The maximum atomic E-state index is 6.44. The van der Waals surface area contributed by atoms with Crippen LogP contribution in [0.4, 0.5) is 0 Å². The normalized spacial score (nSPS) is 10.5. The molecule has 0 aliphatic carbocycles. The summed E-state index contributed by atoms with van der Waals surface area (Å²) >= 11 is 9.91. The summed E-state index contributed by atoms with van der Waals surface area (Å²) in [5.74, 6) is 0. The van der Waals surface area contributed by atoms with E-state index in [9.17, 15) is 0 Å². The van der Waals surface area contributed by atoms with Crippen LogP contribution in [0.5, 0.6) is 0 Å². The third kappa shape index (κ3) is 2.65. The van der Waals surface area contributed by atoms with Gasteiger partial charge in [-0.1, -0.05) is 82.1 Å². The molecular formula is C18H12BrCl. The van der Waals surface area contributed by atoms with Gasteiger partial charge in [0.15, 0.2) is 0 Å². The molecule has 3 aromatic carbocycles. The van der Waals surface area contributed by atoms with E-state index < -0.39 is 0 Å². The van der Waals surface area contributed by atoms with Crippen molar-refractivity contribution in [3.8, 4) is 22.3 Å². The molecule has 2 heteroatoms. The van der Waals surface area contributed by atoms with Gasteiger partial charge in [-0.15, -0.1) is 0 Å². The van der Waals surface area contributed by atoms with Crippen molar-refractivity contribution in [2.75, 3.05) is 0 Å². The van der Waals surface area contributed by atoms with Crippen LogP contribution in [0.3, 0.4) is 0 Å². The molecule has 0 atom stereocenters. The second-order valence-corrected chi connectivity index (χ2v) is 5.86. The predicted octanol–water partition coefficient (Wildman–Crippen LogP) is 6.44. The van der Waals surface area contributed by atoms with Gasteiger partial charge in [0.2, 0.25) is 0 Å². The summed E-state index contributed by atoms with van der Waals surface area (Å²) in [4.78, 5) is 0. The first-order valence-corrected chi connectivity index (χ1v) is 7.52. The first-order chi connectivity index (χ1) is 9.75. The zero-order chi connectivity index (χ0) is 13.9. The molecule has 0 saturated carbocycles. The van der Waals surface area contributed by atoms with Gasteiger partial charge in [-0.3, -0.25) is 0 Å². The molecule has 0 aliphatic heterocycles. The first-order valence-electron chi connectivity index (χ1n) is 6.35. The van der Waals surface area contributed by atoms with Crippen molar-refractivity contribution in [1.82, 2.24) is 0 Å². The van der Waals surface area contributed by atoms with Gasteiger partial charge in [-0.25, -0.2) is 0 Å². The summed E-state index contributed by atoms with van der Waals surface area (Å²) in [7, 11) is 0. The van der Waals surface area contributed by atoms with Gasteiger partial charge in [0, 0.05) is 15.1 Å². The van der Waals surface area contributed by atoms with E-state index in [0.717, 1.165) is 26.2 Å². The van der Waals surface area contributed by atoms with Crippen molar-refractivity contribution < 1.29 is 0 Å². The molecule has 20 heavy (non-hydrogen) atoms. The third-order valence-electron chi connectivity index (χ3n) is 3.23. The Balaban J connectivity index is 2.22. The molecule has 98 valence electrons. The molecule has 3 aromatic rings. The third-order valence-corrected chi connectivity index (χ3v) is 4.07. The quantitative estimate of drug-likeness (QED) is 0.502. The minimum Gasteiger partial charge on any atom is -0.0836 e. The number of halogens is 2. The average molecular weight is 344 g/mol. The minimum atomic E-state index is 0.772. The highest BCUT2D eigenvalue weighted by molar-refractivity contribution is 9.10. The molecular weight excluding hydrogens is 332 g/mol. The van der Waals surface area contributed by atoms with E-state index in [1.165, 1.54) is 5.56 Å². The van der Waals surface area contributed by atoms with Crippen LogP contribution in [-0.4, -0.2) is 0 Å². The highest BCUT2D eigenvalue weighted by Gasteiger charge is 2.10. The largest absolute Gasteiger partial charge is 0.0836 e. The SMILES string of the molecule is Clc1cccc(-c2ccccc2)c1-c1ccc(Br)cc1. The molecule has 0 aromatic heterocycles. The molecule has 0 nitrogen and oxygen atoms in total. The zero-order valence-electron chi connectivity index (χ0n) is 10.7. The maximum Gasteiger partial charge on any atom is 0.0490 e. The Bertz CT molecular complexity index is 718. The van der Waals surface area contributed by atoms with Crippen LogP contribution in [0.2, 0.25) is 5.02 Å². The van der Waals surface area contributed by atoms with Crippen molar-refractivity contribution >= 4 is 27.5 Å². The van der Waals surface area contributed by atoms with Crippen LogP contribution in [-0.2, 0) is 0 Å². The van der Waals surface area contributed by atoms with Gasteiger partial charge >= 0.3 is 0 Å². The van der Waals surface area contributed by atoms with E-state index in [1.54, 1.807) is 0 Å². The van der Waals surface area contributed by atoms with Gasteiger partial charge in [0.05, 0.1) is 0 Å². The Morgan fingerprint density at radius 3 is 2.05 bits per heavy atom. The number of benzene rings is 3. The Hall–Kier alpha value is -1.57. The minimum absolute atomic E-state index is 0.772. The summed E-state index contributed by atoms with van der Waals surface area (Å²) < 4.78 is 1.06. The van der Waals surface area contributed by atoms with Crippen molar-refractivity contribution in [1.29, 1.82) is 0 Å². The van der Waals surface area contributed by atoms with Crippen LogP contribution in [0, 0.1) is 0 Å². The van der Waals surface area contributed by atoms with E-state index >= 15 is 0 Å². The predicted molar refractivity (Wildman–Crippen MR) is 90.0 cm³/mol. The lowest BCUT2D eigenvalue weighted by atomic mass is 9.94. The monoisotopic (exact) mass is 342 g/mol. The summed E-state index contributed by atoms with van der Waals surface area (Å²) in [6, 6.07) is 24.6. The fourth-order valence-corrected chi connectivity index (χ4v) is 2.84. The van der Waals surface area contributed by atoms with Crippen LogP contribution >= 0.6 is 27.5 Å². The van der Waals surface area contributed by atoms with Gasteiger partial charge in [-0.2, -0.15) is 0 Å². The van der Waals surface area contributed by atoms with E-state index in [0.29, 0.717) is 0 Å². The summed E-state index contributed by atoms with van der Waals surface area (Å²) in [5, 5.41) is 0.772. The Morgan fingerprint density at radius 1 is 0.650 bits per heavy atom. The van der Waals surface area contributed by atoms with Crippen molar-refractivity contribution in [2.24, 2.45) is 0 Å². The van der Waals surface area contributed by atoms with Crippen molar-refractivity contribution in [3.63, 3.8) is 0 Å². The fourth-order valence-electron chi connectivity index (χ4n) is 2.29. The van der Waals surface area contributed by atoms with Gasteiger partial charge in [-0.05, 0) is 34.9 Å². The highest BCUT2D eigenvalue weighted by Crippen LogP contribution is 2.37. The van der Waals surface area contributed by atoms with E-state index in [1.807, 2.05) is 42.5 Å². The second-order valence-electron chi connectivity index (χ2n) is 4.54. The highest BCUT2D eigenvalue weighted by atomic mass is 79.9. The van der Waals surface area contributed by atoms with E-state index in [-0.39, 0.29) is 0 Å². The molecule has 0 amide bonds. The average Bonchev–Trinajstić information content (AvgIpc) is 2.49. The van der Waals surface area contributed by atoms with Crippen molar-refractivity contribution in [3.05, 3.63) is 82.3 Å². The molecule has 0 radical (unpaired) electrons. The summed E-state index contributed by atoms with van der Waals surface area (Å²) in [5.41, 5.74) is 4.53. The lowest BCUT2D eigenvalue weighted by Crippen LogP contribution is -1.86. The van der Waals surface area contributed by atoms with Crippen LogP contribution in [0.15, 0.2) is 77.3 Å². The smallest absolute Gasteiger partial charge is 0.0490 e. The molecule has 0 unspecified atom stereocenters. The molecule has 0 saturated heterocycles. The van der Waals surface area contributed by atoms with E-state index in [4.69, 9.17) is 11.6 Å². The molecule has 0 bridgehead atoms. The Kier molecular flexibility index (Phi) is 3.90. The zero-order valence-corrected chi connectivity index (χ0v) is 13.0. The van der Waals surface area contributed by atoms with Gasteiger partial charge in [0.1, 0.15) is 0 Å².